The molecule has 1 saturated heterocycles. The summed E-state index contributed by atoms with van der Waals surface area (Å²) in [4.78, 5) is 16.8. The van der Waals surface area contributed by atoms with E-state index in [0.29, 0.717) is 12.5 Å². The second kappa shape index (κ2) is 6.47. The lowest BCUT2D eigenvalue weighted by atomic mass is 10.1. The highest BCUT2D eigenvalue weighted by molar-refractivity contribution is 5.96. The van der Waals surface area contributed by atoms with Crippen molar-refractivity contribution in [2.45, 2.75) is 32.0 Å². The fourth-order valence-corrected chi connectivity index (χ4v) is 3.40. The Morgan fingerprint density at radius 2 is 2.00 bits per heavy atom. The number of ether oxygens (including phenoxy) is 1. The number of terminal acetylenes is 1. The van der Waals surface area contributed by atoms with Gasteiger partial charge in [0, 0.05) is 12.2 Å². The van der Waals surface area contributed by atoms with E-state index in [0.717, 1.165) is 5.69 Å². The number of fused-ring (bicyclic) bond motifs is 1. The molecule has 1 fully saturated rings. The number of hydrogen-bond acceptors (Lipinski definition) is 2. The van der Waals surface area contributed by atoms with E-state index in [1.807, 2.05) is 46.2 Å². The van der Waals surface area contributed by atoms with Crippen molar-refractivity contribution >= 4 is 11.7 Å². The van der Waals surface area contributed by atoms with Crippen molar-refractivity contribution in [3.05, 3.63) is 42.5 Å². The maximum absolute atomic E-state index is 13.0. The van der Waals surface area contributed by atoms with Gasteiger partial charge >= 0.3 is 6.03 Å². The van der Waals surface area contributed by atoms with Crippen LogP contribution in [0.2, 0.25) is 0 Å². The van der Waals surface area contributed by atoms with Crippen LogP contribution in [-0.4, -0.2) is 42.3 Å². The molecule has 0 N–H and O–H groups in total. The van der Waals surface area contributed by atoms with Gasteiger partial charge in [-0.15, -0.1) is 6.42 Å². The van der Waals surface area contributed by atoms with E-state index in [2.05, 4.69) is 25.8 Å². The van der Waals surface area contributed by atoms with Gasteiger partial charge in [0.05, 0.1) is 18.2 Å². The summed E-state index contributed by atoms with van der Waals surface area (Å²) in [6, 6.07) is 9.82. The molecule has 23 heavy (non-hydrogen) atoms. The van der Waals surface area contributed by atoms with Gasteiger partial charge in [-0.25, -0.2) is 4.79 Å². The molecule has 0 aromatic heterocycles. The van der Waals surface area contributed by atoms with Gasteiger partial charge in [0.25, 0.3) is 0 Å². The molecule has 1 aliphatic carbocycles. The highest BCUT2D eigenvalue weighted by atomic mass is 16.5. The summed E-state index contributed by atoms with van der Waals surface area (Å²) >= 11 is 0. The number of para-hydroxylation sites is 1. The Labute approximate surface area is 137 Å². The van der Waals surface area contributed by atoms with E-state index in [4.69, 9.17) is 11.2 Å². The highest BCUT2D eigenvalue weighted by Crippen LogP contribution is 2.36. The molecule has 2 amide bonds. The van der Waals surface area contributed by atoms with Crippen molar-refractivity contribution in [1.29, 1.82) is 0 Å². The number of nitrogens with zero attached hydrogens (tertiary/aromatic N) is 2. The van der Waals surface area contributed by atoms with E-state index < -0.39 is 0 Å². The number of benzene rings is 1. The smallest absolute Gasteiger partial charge is 0.325 e. The van der Waals surface area contributed by atoms with Crippen LogP contribution >= 0.6 is 0 Å². The fraction of sp³-hybridized carbons (Fsp3) is 0.421. The van der Waals surface area contributed by atoms with E-state index in [9.17, 15) is 4.79 Å². The van der Waals surface area contributed by atoms with E-state index >= 15 is 0 Å². The van der Waals surface area contributed by atoms with Gasteiger partial charge in [-0.3, -0.25) is 4.90 Å². The number of rotatable bonds is 5. The third kappa shape index (κ3) is 2.85. The summed E-state index contributed by atoms with van der Waals surface area (Å²) in [5.41, 5.74) is 0.918. The van der Waals surface area contributed by atoms with Crippen LogP contribution in [0.1, 0.15) is 13.8 Å². The van der Waals surface area contributed by atoms with Gasteiger partial charge in [-0.1, -0.05) is 50.1 Å². The normalized spacial score (nSPS) is 26.0. The van der Waals surface area contributed by atoms with E-state index in [1.165, 1.54) is 0 Å². The molecule has 0 bridgehead atoms. The van der Waals surface area contributed by atoms with Gasteiger partial charge in [-0.05, 0) is 18.1 Å². The SMILES string of the molecule is C#CCOC1C=CC2C1N(CC(C)C)C(=O)N2c1ccccc1. The molecule has 0 saturated carbocycles. The van der Waals surface area contributed by atoms with Crippen LogP contribution in [0.15, 0.2) is 42.5 Å². The topological polar surface area (TPSA) is 32.8 Å². The molecular formula is C19H22N2O2. The maximum atomic E-state index is 13.0. The van der Waals surface area contributed by atoms with E-state index in [1.54, 1.807) is 0 Å². The van der Waals surface area contributed by atoms with Crippen molar-refractivity contribution in [3.63, 3.8) is 0 Å². The van der Waals surface area contributed by atoms with Crippen LogP contribution in [0.25, 0.3) is 0 Å². The highest BCUT2D eigenvalue weighted by Gasteiger charge is 2.51. The van der Waals surface area contributed by atoms with Gasteiger partial charge in [0.1, 0.15) is 6.61 Å². The van der Waals surface area contributed by atoms with Crippen LogP contribution in [0, 0.1) is 18.3 Å². The first-order valence-corrected chi connectivity index (χ1v) is 8.01. The number of amides is 2. The number of carbonyl (C=O) groups excluding carboxylic acids is 1. The van der Waals surface area contributed by atoms with Crippen LogP contribution in [-0.2, 0) is 4.74 Å². The molecule has 0 spiro atoms. The Hall–Kier alpha value is -2.25. The van der Waals surface area contributed by atoms with Gasteiger partial charge < -0.3 is 9.64 Å². The molecule has 1 heterocycles. The first kappa shape index (κ1) is 15.6. The Balaban J connectivity index is 1.92. The zero-order chi connectivity index (χ0) is 16.4. The quantitative estimate of drug-likeness (QED) is 0.619. The lowest BCUT2D eigenvalue weighted by Crippen LogP contribution is -2.44. The molecule has 0 radical (unpaired) electrons. The summed E-state index contributed by atoms with van der Waals surface area (Å²) in [6.45, 7) is 5.20. The summed E-state index contributed by atoms with van der Waals surface area (Å²) in [5, 5.41) is 0. The lowest BCUT2D eigenvalue weighted by Gasteiger charge is -2.28. The minimum Gasteiger partial charge on any atom is -0.359 e. The van der Waals surface area contributed by atoms with Crippen molar-refractivity contribution in [1.82, 2.24) is 4.90 Å². The van der Waals surface area contributed by atoms with E-state index in [-0.39, 0.29) is 30.8 Å². The Bertz CT molecular complexity index is 633. The van der Waals surface area contributed by atoms with Crippen LogP contribution < -0.4 is 4.90 Å². The molecule has 120 valence electrons. The number of anilines is 1. The standard InChI is InChI=1S/C19H22N2O2/c1-4-12-23-17-11-10-16-18(17)20(13-14(2)3)19(22)21(16)15-8-6-5-7-9-15/h1,5-11,14,16-18H,12-13H2,2-3H3. The Morgan fingerprint density at radius 3 is 2.65 bits per heavy atom. The zero-order valence-electron chi connectivity index (χ0n) is 13.6. The predicted octanol–water partition coefficient (Wildman–Crippen LogP) is 2.91. The average Bonchev–Trinajstić information content (AvgIpc) is 3.05. The van der Waals surface area contributed by atoms with Gasteiger partial charge in [0.15, 0.2) is 0 Å². The van der Waals surface area contributed by atoms with Crippen molar-refractivity contribution < 1.29 is 9.53 Å². The monoisotopic (exact) mass is 310 g/mol. The van der Waals surface area contributed by atoms with Crippen LogP contribution in [0.4, 0.5) is 10.5 Å². The molecule has 4 heteroatoms. The number of carbonyl (C=O) groups is 1. The molecule has 4 nitrogen and oxygen atoms in total. The Morgan fingerprint density at radius 1 is 1.26 bits per heavy atom. The first-order chi connectivity index (χ1) is 11.1. The van der Waals surface area contributed by atoms with Gasteiger partial charge in [-0.2, -0.15) is 0 Å². The van der Waals surface area contributed by atoms with Crippen LogP contribution in [0.3, 0.4) is 0 Å². The third-order valence-electron chi connectivity index (χ3n) is 4.25. The molecule has 3 rings (SSSR count). The summed E-state index contributed by atoms with van der Waals surface area (Å²) in [7, 11) is 0. The summed E-state index contributed by atoms with van der Waals surface area (Å²) in [5.74, 6) is 2.90. The largest absolute Gasteiger partial charge is 0.359 e. The second-order valence-electron chi connectivity index (χ2n) is 6.38. The van der Waals surface area contributed by atoms with Crippen molar-refractivity contribution in [3.8, 4) is 12.3 Å². The molecule has 2 aliphatic rings. The molecule has 3 unspecified atom stereocenters. The summed E-state index contributed by atoms with van der Waals surface area (Å²) in [6.07, 6.45) is 9.27. The molecule has 1 aromatic rings. The lowest BCUT2D eigenvalue weighted by molar-refractivity contribution is 0.0561. The number of urea groups is 1. The minimum atomic E-state index is -0.146. The van der Waals surface area contributed by atoms with Crippen molar-refractivity contribution in [2.75, 3.05) is 18.1 Å². The number of hydrogen-bond donors (Lipinski definition) is 0. The molecular weight excluding hydrogens is 288 g/mol. The average molecular weight is 310 g/mol. The Kier molecular flexibility index (Phi) is 4.40. The van der Waals surface area contributed by atoms with Gasteiger partial charge in [0.2, 0.25) is 0 Å². The van der Waals surface area contributed by atoms with Crippen LogP contribution in [0.5, 0.6) is 0 Å². The predicted molar refractivity (Wildman–Crippen MR) is 91.2 cm³/mol. The minimum absolute atomic E-state index is 0.00794. The first-order valence-electron chi connectivity index (χ1n) is 8.01. The third-order valence-corrected chi connectivity index (χ3v) is 4.25. The molecule has 3 atom stereocenters. The summed E-state index contributed by atoms with van der Waals surface area (Å²) < 4.78 is 5.77. The zero-order valence-corrected chi connectivity index (χ0v) is 13.6. The molecule has 1 aliphatic heterocycles. The second-order valence-corrected chi connectivity index (χ2v) is 6.38. The molecule has 1 aromatic carbocycles. The van der Waals surface area contributed by atoms with Crippen molar-refractivity contribution in [2.24, 2.45) is 5.92 Å². The maximum Gasteiger partial charge on any atom is 0.325 e. The fourth-order valence-electron chi connectivity index (χ4n) is 3.40.